The molecule has 0 bridgehead atoms. The zero-order chi connectivity index (χ0) is 21.6. The monoisotopic (exact) mass is 432 g/mol. The molecule has 1 amide bonds. The molecule has 1 aromatic carbocycles. The number of carbonyl (C=O) groups is 1. The predicted octanol–water partition coefficient (Wildman–Crippen LogP) is 3.13. The number of carbonyl (C=O) groups excluding carboxylic acids is 1. The Morgan fingerprint density at radius 1 is 1.23 bits per heavy atom. The number of nitrogens with zero attached hydrogens (tertiary/aromatic N) is 4. The highest BCUT2D eigenvalue weighted by atomic mass is 32.2. The van der Waals surface area contributed by atoms with Gasteiger partial charge < -0.3 is 4.90 Å². The largest absolute Gasteiger partial charge is 0.339 e. The minimum absolute atomic E-state index is 0.116. The molecule has 1 saturated heterocycles. The SMILES string of the molecule is CCN(Cc1cnn(CC)c1)C(=O)CCC1CCCN(S(=O)(=O)c2ccccc2)C1. The maximum atomic E-state index is 12.9. The van der Waals surface area contributed by atoms with Crippen LogP contribution in [0.3, 0.4) is 0 Å². The van der Waals surface area contributed by atoms with E-state index in [0.29, 0.717) is 43.9 Å². The van der Waals surface area contributed by atoms with Crippen molar-refractivity contribution in [2.24, 2.45) is 5.92 Å². The van der Waals surface area contributed by atoms with Crippen molar-refractivity contribution in [1.29, 1.82) is 0 Å². The van der Waals surface area contributed by atoms with Gasteiger partial charge in [0, 0.05) is 50.9 Å². The second kappa shape index (κ2) is 10.2. The highest BCUT2D eigenvalue weighted by Crippen LogP contribution is 2.26. The Hall–Kier alpha value is -2.19. The van der Waals surface area contributed by atoms with Gasteiger partial charge in [0.1, 0.15) is 0 Å². The van der Waals surface area contributed by atoms with Gasteiger partial charge in [-0.05, 0) is 51.2 Å². The van der Waals surface area contributed by atoms with Gasteiger partial charge in [-0.2, -0.15) is 9.40 Å². The fourth-order valence-corrected chi connectivity index (χ4v) is 5.54. The van der Waals surface area contributed by atoms with Crippen molar-refractivity contribution in [1.82, 2.24) is 19.0 Å². The van der Waals surface area contributed by atoms with Crippen LogP contribution >= 0.6 is 0 Å². The van der Waals surface area contributed by atoms with Crippen molar-refractivity contribution in [2.45, 2.75) is 57.5 Å². The third kappa shape index (κ3) is 5.49. The van der Waals surface area contributed by atoms with E-state index in [0.717, 1.165) is 24.9 Å². The van der Waals surface area contributed by atoms with Crippen LogP contribution in [-0.2, 0) is 27.9 Å². The fraction of sp³-hybridized carbons (Fsp3) is 0.545. The van der Waals surface area contributed by atoms with E-state index in [1.807, 2.05) is 41.9 Å². The number of sulfonamides is 1. The molecule has 2 heterocycles. The predicted molar refractivity (Wildman–Crippen MR) is 116 cm³/mol. The van der Waals surface area contributed by atoms with E-state index in [1.165, 1.54) is 0 Å². The molecule has 0 saturated carbocycles. The molecule has 2 aromatic rings. The Bertz CT molecular complexity index is 927. The third-order valence-electron chi connectivity index (χ3n) is 5.75. The second-order valence-corrected chi connectivity index (χ2v) is 9.77. The quantitative estimate of drug-likeness (QED) is 0.610. The maximum absolute atomic E-state index is 12.9. The smallest absolute Gasteiger partial charge is 0.243 e. The van der Waals surface area contributed by atoms with Gasteiger partial charge >= 0.3 is 0 Å². The van der Waals surface area contributed by atoms with Crippen LogP contribution in [0.15, 0.2) is 47.6 Å². The van der Waals surface area contributed by atoms with Gasteiger partial charge in [0.2, 0.25) is 15.9 Å². The van der Waals surface area contributed by atoms with Crippen LogP contribution in [-0.4, -0.2) is 52.9 Å². The van der Waals surface area contributed by atoms with Crippen molar-refractivity contribution in [3.05, 3.63) is 48.3 Å². The van der Waals surface area contributed by atoms with E-state index in [1.54, 1.807) is 28.6 Å². The average Bonchev–Trinajstić information content (AvgIpc) is 3.24. The van der Waals surface area contributed by atoms with E-state index >= 15 is 0 Å². The summed E-state index contributed by atoms with van der Waals surface area (Å²) in [6.45, 7) is 7.07. The highest BCUT2D eigenvalue weighted by Gasteiger charge is 2.30. The van der Waals surface area contributed by atoms with E-state index in [9.17, 15) is 13.2 Å². The molecular formula is C22H32N4O3S. The Labute approximate surface area is 179 Å². The van der Waals surface area contributed by atoms with Crippen LogP contribution in [0.25, 0.3) is 0 Å². The molecule has 1 atom stereocenters. The Balaban J connectivity index is 1.55. The topological polar surface area (TPSA) is 75.5 Å². The van der Waals surface area contributed by atoms with Crippen molar-refractivity contribution in [3.63, 3.8) is 0 Å². The molecule has 1 aliphatic heterocycles. The number of hydrogen-bond acceptors (Lipinski definition) is 4. The Morgan fingerprint density at radius 3 is 2.67 bits per heavy atom. The highest BCUT2D eigenvalue weighted by molar-refractivity contribution is 7.89. The standard InChI is InChI=1S/C22H32N4O3S/c1-3-24(16-20-15-23-25(4-2)17-20)22(27)13-12-19-9-8-14-26(18-19)30(28,29)21-10-6-5-7-11-21/h5-7,10-11,15,17,19H,3-4,8-9,12-14,16,18H2,1-2H3. The Morgan fingerprint density at radius 2 is 2.00 bits per heavy atom. The molecule has 3 rings (SSSR count). The first-order chi connectivity index (χ1) is 14.4. The van der Waals surface area contributed by atoms with Crippen molar-refractivity contribution in [3.8, 4) is 0 Å². The van der Waals surface area contributed by atoms with E-state index in [2.05, 4.69) is 5.10 Å². The molecule has 0 spiro atoms. The summed E-state index contributed by atoms with van der Waals surface area (Å²) < 4.78 is 29.2. The number of piperidine rings is 1. The number of hydrogen-bond donors (Lipinski definition) is 0. The molecule has 1 fully saturated rings. The lowest BCUT2D eigenvalue weighted by atomic mass is 9.94. The summed E-state index contributed by atoms with van der Waals surface area (Å²) in [5, 5.41) is 4.27. The first-order valence-electron chi connectivity index (χ1n) is 10.8. The molecule has 164 valence electrons. The first-order valence-corrected chi connectivity index (χ1v) is 12.2. The molecule has 1 aliphatic rings. The lowest BCUT2D eigenvalue weighted by molar-refractivity contribution is -0.132. The molecule has 0 aliphatic carbocycles. The minimum atomic E-state index is -3.47. The lowest BCUT2D eigenvalue weighted by Gasteiger charge is -2.32. The normalized spacial score (nSPS) is 17.7. The van der Waals surface area contributed by atoms with Crippen LogP contribution in [0.2, 0.25) is 0 Å². The number of aryl methyl sites for hydroxylation is 1. The molecule has 30 heavy (non-hydrogen) atoms. The van der Waals surface area contributed by atoms with Crippen LogP contribution in [0, 0.1) is 5.92 Å². The second-order valence-electron chi connectivity index (χ2n) is 7.84. The third-order valence-corrected chi connectivity index (χ3v) is 7.63. The number of amides is 1. The summed E-state index contributed by atoms with van der Waals surface area (Å²) >= 11 is 0. The van der Waals surface area contributed by atoms with E-state index < -0.39 is 10.0 Å². The van der Waals surface area contributed by atoms with Gasteiger partial charge in [-0.3, -0.25) is 9.48 Å². The number of rotatable bonds is 9. The first kappa shape index (κ1) is 22.5. The summed E-state index contributed by atoms with van der Waals surface area (Å²) in [6.07, 6.45) is 6.74. The van der Waals surface area contributed by atoms with Gasteiger partial charge in [-0.25, -0.2) is 8.42 Å². The van der Waals surface area contributed by atoms with Gasteiger partial charge in [0.25, 0.3) is 0 Å². The average molecular weight is 433 g/mol. The number of aromatic nitrogens is 2. The fourth-order valence-electron chi connectivity index (χ4n) is 3.97. The molecule has 7 nitrogen and oxygen atoms in total. The van der Waals surface area contributed by atoms with Gasteiger partial charge in [0.15, 0.2) is 0 Å². The summed E-state index contributed by atoms with van der Waals surface area (Å²) in [6, 6.07) is 8.59. The zero-order valence-corrected chi connectivity index (χ0v) is 18.7. The molecule has 8 heteroatoms. The minimum Gasteiger partial charge on any atom is -0.339 e. The number of benzene rings is 1. The van der Waals surface area contributed by atoms with Crippen LogP contribution in [0.1, 0.15) is 45.1 Å². The maximum Gasteiger partial charge on any atom is 0.243 e. The molecule has 0 N–H and O–H groups in total. The summed E-state index contributed by atoms with van der Waals surface area (Å²) in [5.41, 5.74) is 1.03. The van der Waals surface area contributed by atoms with E-state index in [-0.39, 0.29) is 11.8 Å². The molecule has 1 aromatic heterocycles. The lowest BCUT2D eigenvalue weighted by Crippen LogP contribution is -2.40. The van der Waals surface area contributed by atoms with Crippen LogP contribution < -0.4 is 0 Å². The summed E-state index contributed by atoms with van der Waals surface area (Å²) in [5.74, 6) is 0.326. The Kier molecular flexibility index (Phi) is 7.66. The summed E-state index contributed by atoms with van der Waals surface area (Å²) in [7, 11) is -3.47. The zero-order valence-electron chi connectivity index (χ0n) is 17.9. The van der Waals surface area contributed by atoms with E-state index in [4.69, 9.17) is 0 Å². The van der Waals surface area contributed by atoms with Crippen LogP contribution in [0.4, 0.5) is 0 Å². The molecule has 1 unspecified atom stereocenters. The van der Waals surface area contributed by atoms with Crippen molar-refractivity contribution >= 4 is 15.9 Å². The van der Waals surface area contributed by atoms with Gasteiger partial charge in [-0.15, -0.1) is 0 Å². The summed E-state index contributed by atoms with van der Waals surface area (Å²) in [4.78, 5) is 14.9. The van der Waals surface area contributed by atoms with Crippen LogP contribution in [0.5, 0.6) is 0 Å². The van der Waals surface area contributed by atoms with Crippen molar-refractivity contribution in [2.75, 3.05) is 19.6 Å². The molecular weight excluding hydrogens is 400 g/mol. The van der Waals surface area contributed by atoms with Crippen molar-refractivity contribution < 1.29 is 13.2 Å². The van der Waals surface area contributed by atoms with Gasteiger partial charge in [0.05, 0.1) is 11.1 Å². The molecule has 0 radical (unpaired) electrons. The van der Waals surface area contributed by atoms with Gasteiger partial charge in [-0.1, -0.05) is 18.2 Å².